The number of halogens is 1. The Hall–Kier alpha value is -1.99. The lowest BCUT2D eigenvalue weighted by molar-refractivity contribution is 0.0688. The number of hydrogen-bond acceptors (Lipinski definition) is 5. The van der Waals surface area contributed by atoms with Crippen molar-refractivity contribution in [3.63, 3.8) is 0 Å². The van der Waals surface area contributed by atoms with Gasteiger partial charge in [-0.25, -0.2) is 4.98 Å². The smallest absolute Gasteiger partial charge is 0.252 e. The number of thiophene rings is 1. The Morgan fingerprint density at radius 2 is 2.04 bits per heavy atom. The number of carbonyl (C=O) groups is 1. The molecule has 0 aliphatic rings. The van der Waals surface area contributed by atoms with Crippen LogP contribution in [0.3, 0.4) is 0 Å². The number of rotatable bonds is 9. The van der Waals surface area contributed by atoms with E-state index in [2.05, 4.69) is 10.3 Å². The topological polar surface area (TPSA) is 60.5 Å². The molecule has 1 aromatic carbocycles. The van der Waals surface area contributed by atoms with Gasteiger partial charge in [-0.1, -0.05) is 29.8 Å². The van der Waals surface area contributed by atoms with Crippen LogP contribution in [0.5, 0.6) is 0 Å². The summed E-state index contributed by atoms with van der Waals surface area (Å²) < 4.78 is 11.0. The lowest BCUT2D eigenvalue weighted by Gasteiger charge is -2.10. The van der Waals surface area contributed by atoms with Crippen LogP contribution in [0, 0.1) is 0 Å². The minimum Gasteiger partial charge on any atom is -0.382 e. The van der Waals surface area contributed by atoms with Crippen LogP contribution in [-0.2, 0) is 9.47 Å². The lowest BCUT2D eigenvalue weighted by atomic mass is 10.1. The molecule has 0 saturated carbocycles. The number of para-hydroxylation sites is 1. The van der Waals surface area contributed by atoms with E-state index in [1.54, 1.807) is 7.11 Å². The highest BCUT2D eigenvalue weighted by atomic mass is 35.5. The van der Waals surface area contributed by atoms with Gasteiger partial charge in [0.05, 0.1) is 39.2 Å². The number of hydrogen-bond donors (Lipinski definition) is 1. The van der Waals surface area contributed by atoms with Crippen LogP contribution in [0.2, 0.25) is 4.34 Å². The van der Waals surface area contributed by atoms with Crippen LogP contribution in [-0.4, -0.2) is 44.4 Å². The maximum Gasteiger partial charge on any atom is 0.252 e. The fourth-order valence-corrected chi connectivity index (χ4v) is 3.66. The van der Waals surface area contributed by atoms with Crippen molar-refractivity contribution in [2.24, 2.45) is 0 Å². The highest BCUT2D eigenvalue weighted by Gasteiger charge is 2.14. The van der Waals surface area contributed by atoms with Crippen molar-refractivity contribution in [1.82, 2.24) is 10.3 Å². The van der Waals surface area contributed by atoms with Gasteiger partial charge in [0.15, 0.2) is 0 Å². The quantitative estimate of drug-likeness (QED) is 0.537. The summed E-state index contributed by atoms with van der Waals surface area (Å²) in [6.45, 7) is 2.26. The number of nitrogens with zero attached hydrogens (tertiary/aromatic N) is 1. The first-order valence-electron chi connectivity index (χ1n) is 8.69. The summed E-state index contributed by atoms with van der Waals surface area (Å²) in [6, 6.07) is 13.2. The molecule has 0 radical (unpaired) electrons. The summed E-state index contributed by atoms with van der Waals surface area (Å²) in [6.07, 6.45) is 0.742. The molecular weight excluding hydrogens is 384 g/mol. The molecule has 3 rings (SSSR count). The first kappa shape index (κ1) is 19.8. The Bertz CT molecular complexity index is 913. The Balaban J connectivity index is 1.73. The molecule has 0 saturated heterocycles. The fourth-order valence-electron chi connectivity index (χ4n) is 2.66. The molecule has 1 N–H and O–H groups in total. The van der Waals surface area contributed by atoms with Gasteiger partial charge in [-0.05, 0) is 30.7 Å². The number of nitrogens with one attached hydrogen (secondary N) is 1. The van der Waals surface area contributed by atoms with Crippen molar-refractivity contribution >= 4 is 39.7 Å². The second-order valence-electron chi connectivity index (χ2n) is 5.89. The van der Waals surface area contributed by atoms with Gasteiger partial charge in [0.2, 0.25) is 0 Å². The first-order chi connectivity index (χ1) is 13.2. The third-order valence-electron chi connectivity index (χ3n) is 3.97. The van der Waals surface area contributed by atoms with E-state index in [0.717, 1.165) is 27.9 Å². The molecule has 5 nitrogen and oxygen atoms in total. The fraction of sp³-hybridized carbons (Fsp3) is 0.300. The normalized spacial score (nSPS) is 11.0. The number of benzene rings is 1. The Morgan fingerprint density at radius 3 is 2.81 bits per heavy atom. The molecule has 0 spiro atoms. The Kier molecular flexibility index (Phi) is 7.18. The van der Waals surface area contributed by atoms with Gasteiger partial charge in [0, 0.05) is 25.6 Å². The lowest BCUT2D eigenvalue weighted by Crippen LogP contribution is -2.25. The minimum absolute atomic E-state index is 0.116. The van der Waals surface area contributed by atoms with Crippen LogP contribution in [0.4, 0.5) is 0 Å². The molecule has 0 aliphatic heterocycles. The van der Waals surface area contributed by atoms with Gasteiger partial charge in [-0.15, -0.1) is 11.3 Å². The van der Waals surface area contributed by atoms with E-state index in [9.17, 15) is 4.79 Å². The van der Waals surface area contributed by atoms with Gasteiger partial charge in [-0.2, -0.15) is 0 Å². The Labute approximate surface area is 167 Å². The van der Waals surface area contributed by atoms with Crippen molar-refractivity contribution in [2.45, 2.75) is 6.42 Å². The molecule has 0 bridgehead atoms. The second-order valence-corrected chi connectivity index (χ2v) is 7.61. The van der Waals surface area contributed by atoms with Crippen LogP contribution in [0.15, 0.2) is 42.5 Å². The first-order valence-corrected chi connectivity index (χ1v) is 9.89. The number of methoxy groups -OCH3 is 1. The molecular formula is C20H21ClN2O3S. The number of amides is 1. The van der Waals surface area contributed by atoms with E-state index in [0.29, 0.717) is 36.3 Å². The highest BCUT2D eigenvalue weighted by Crippen LogP contribution is 2.32. The van der Waals surface area contributed by atoms with Gasteiger partial charge >= 0.3 is 0 Å². The summed E-state index contributed by atoms with van der Waals surface area (Å²) in [5.41, 5.74) is 2.15. The van der Waals surface area contributed by atoms with E-state index >= 15 is 0 Å². The molecule has 0 unspecified atom stereocenters. The zero-order valence-electron chi connectivity index (χ0n) is 15.0. The molecule has 2 aromatic heterocycles. The number of fused-ring (bicyclic) bond motifs is 1. The third-order valence-corrected chi connectivity index (χ3v) is 5.22. The number of aromatic nitrogens is 1. The highest BCUT2D eigenvalue weighted by molar-refractivity contribution is 7.19. The number of carbonyl (C=O) groups excluding carboxylic acids is 1. The molecule has 3 aromatic rings. The van der Waals surface area contributed by atoms with Crippen molar-refractivity contribution in [3.05, 3.63) is 52.4 Å². The summed E-state index contributed by atoms with van der Waals surface area (Å²) in [4.78, 5) is 18.4. The average Bonchev–Trinajstić information content (AvgIpc) is 3.12. The SMILES string of the molecule is COCCOCCCNC(=O)c1cc(-c2ccc(Cl)s2)nc2ccccc12. The van der Waals surface area contributed by atoms with E-state index in [4.69, 9.17) is 21.1 Å². The minimum atomic E-state index is -0.116. The zero-order chi connectivity index (χ0) is 19.1. The summed E-state index contributed by atoms with van der Waals surface area (Å²) in [7, 11) is 1.64. The van der Waals surface area contributed by atoms with Gasteiger partial charge in [0.1, 0.15) is 0 Å². The van der Waals surface area contributed by atoms with Crippen LogP contribution < -0.4 is 5.32 Å². The number of ether oxygens (including phenoxy) is 2. The van der Waals surface area contributed by atoms with Crippen LogP contribution in [0.1, 0.15) is 16.8 Å². The van der Waals surface area contributed by atoms with Gasteiger partial charge in [0.25, 0.3) is 5.91 Å². The van der Waals surface area contributed by atoms with Crippen molar-refractivity contribution in [2.75, 3.05) is 33.5 Å². The predicted octanol–water partition coefficient (Wildman–Crippen LogP) is 4.40. The molecule has 0 atom stereocenters. The van der Waals surface area contributed by atoms with Crippen molar-refractivity contribution in [1.29, 1.82) is 0 Å². The van der Waals surface area contributed by atoms with Crippen LogP contribution in [0.25, 0.3) is 21.5 Å². The van der Waals surface area contributed by atoms with Gasteiger partial charge < -0.3 is 14.8 Å². The molecule has 142 valence electrons. The third kappa shape index (κ3) is 5.26. The van der Waals surface area contributed by atoms with E-state index < -0.39 is 0 Å². The van der Waals surface area contributed by atoms with E-state index in [1.807, 2.05) is 42.5 Å². The summed E-state index contributed by atoms with van der Waals surface area (Å²) in [5.74, 6) is -0.116. The Morgan fingerprint density at radius 1 is 1.19 bits per heavy atom. The predicted molar refractivity (Wildman–Crippen MR) is 110 cm³/mol. The van der Waals surface area contributed by atoms with Crippen LogP contribution >= 0.6 is 22.9 Å². The standard InChI is InChI=1S/C20H21ClN2O3S/c1-25-11-12-26-10-4-9-22-20(24)15-13-17(18-7-8-19(21)27-18)23-16-6-3-2-5-14(15)16/h2-3,5-8,13H,4,9-12H2,1H3,(H,22,24). The maximum atomic E-state index is 12.8. The molecule has 7 heteroatoms. The molecule has 0 aliphatic carbocycles. The summed E-state index contributed by atoms with van der Waals surface area (Å²) in [5, 5.41) is 3.80. The second kappa shape index (κ2) is 9.80. The largest absolute Gasteiger partial charge is 0.382 e. The molecule has 27 heavy (non-hydrogen) atoms. The molecule has 1 amide bonds. The maximum absolute atomic E-state index is 12.8. The average molecular weight is 405 g/mol. The number of pyridine rings is 1. The monoisotopic (exact) mass is 404 g/mol. The molecule has 2 heterocycles. The van der Waals surface area contributed by atoms with Gasteiger partial charge in [-0.3, -0.25) is 4.79 Å². The van der Waals surface area contributed by atoms with E-state index in [-0.39, 0.29) is 5.91 Å². The van der Waals surface area contributed by atoms with Crippen molar-refractivity contribution in [3.8, 4) is 10.6 Å². The van der Waals surface area contributed by atoms with Crippen molar-refractivity contribution < 1.29 is 14.3 Å². The van der Waals surface area contributed by atoms with E-state index in [1.165, 1.54) is 11.3 Å². The molecule has 0 fully saturated rings. The zero-order valence-corrected chi connectivity index (χ0v) is 16.6. The summed E-state index contributed by atoms with van der Waals surface area (Å²) >= 11 is 7.50.